The molecular formula is C18H19N5O4. The number of nitrogens with zero attached hydrogens (tertiary/aromatic N) is 5. The molecule has 1 aliphatic rings. The first-order valence-corrected chi connectivity index (χ1v) is 8.55. The average molecular weight is 369 g/mol. The molecule has 1 aliphatic heterocycles. The summed E-state index contributed by atoms with van der Waals surface area (Å²) in [7, 11) is 1.49. The Hall–Kier alpha value is -3.36. The Bertz CT molecular complexity index is 1200. The number of imidazole rings is 1. The highest BCUT2D eigenvalue weighted by molar-refractivity contribution is 5.78. The summed E-state index contributed by atoms with van der Waals surface area (Å²) in [5.74, 6) is -0.665. The lowest BCUT2D eigenvalue weighted by Crippen LogP contribution is -2.41. The van der Waals surface area contributed by atoms with Gasteiger partial charge < -0.3 is 14.6 Å². The van der Waals surface area contributed by atoms with Crippen molar-refractivity contribution in [3.63, 3.8) is 0 Å². The van der Waals surface area contributed by atoms with Crippen molar-refractivity contribution in [2.45, 2.75) is 26.9 Å². The highest BCUT2D eigenvalue weighted by Crippen LogP contribution is 2.32. The van der Waals surface area contributed by atoms with E-state index in [0.717, 1.165) is 21.4 Å². The lowest BCUT2D eigenvalue weighted by atomic mass is 10.1. The maximum Gasteiger partial charge on any atom is 0.333 e. The Morgan fingerprint density at radius 1 is 1.15 bits per heavy atom. The summed E-state index contributed by atoms with van der Waals surface area (Å²) in [5.41, 5.74) is 2.40. The van der Waals surface area contributed by atoms with Gasteiger partial charge in [-0.1, -0.05) is 6.07 Å². The first kappa shape index (κ1) is 17.1. The molecule has 0 fully saturated rings. The molecule has 3 heterocycles. The fourth-order valence-corrected chi connectivity index (χ4v) is 3.70. The SMILES string of the molecule is Cc1cc(C)cc(N2CCn3c2nc2c3c(=O)n(CC(=O)O)c(=O)n2C)c1. The summed E-state index contributed by atoms with van der Waals surface area (Å²) in [4.78, 5) is 42.8. The van der Waals surface area contributed by atoms with Crippen LogP contribution in [0.2, 0.25) is 0 Å². The second-order valence-corrected chi connectivity index (χ2v) is 6.86. The summed E-state index contributed by atoms with van der Waals surface area (Å²) in [5, 5.41) is 9.03. The maximum atomic E-state index is 12.8. The predicted molar refractivity (Wildman–Crippen MR) is 99.8 cm³/mol. The predicted octanol–water partition coefficient (Wildman–Crippen LogP) is 0.750. The van der Waals surface area contributed by atoms with Crippen molar-refractivity contribution in [2.24, 2.45) is 7.05 Å². The van der Waals surface area contributed by atoms with E-state index in [9.17, 15) is 14.4 Å². The summed E-state index contributed by atoms with van der Waals surface area (Å²) in [6.07, 6.45) is 0. The van der Waals surface area contributed by atoms with E-state index in [1.807, 2.05) is 30.9 Å². The Labute approximate surface area is 153 Å². The van der Waals surface area contributed by atoms with Gasteiger partial charge in [0.15, 0.2) is 11.2 Å². The summed E-state index contributed by atoms with van der Waals surface area (Å²) in [6, 6.07) is 6.17. The second-order valence-electron chi connectivity index (χ2n) is 6.86. The number of benzene rings is 1. The van der Waals surface area contributed by atoms with E-state index in [1.54, 1.807) is 4.57 Å². The van der Waals surface area contributed by atoms with Crippen LogP contribution in [0.5, 0.6) is 0 Å². The van der Waals surface area contributed by atoms with Crippen molar-refractivity contribution in [1.82, 2.24) is 18.7 Å². The first-order chi connectivity index (χ1) is 12.8. The number of fused-ring (bicyclic) bond motifs is 3. The minimum Gasteiger partial charge on any atom is -0.480 e. The molecule has 9 heteroatoms. The van der Waals surface area contributed by atoms with Gasteiger partial charge in [0.25, 0.3) is 5.56 Å². The molecule has 3 aromatic rings. The third-order valence-electron chi connectivity index (χ3n) is 4.81. The lowest BCUT2D eigenvalue weighted by molar-refractivity contribution is -0.137. The molecule has 9 nitrogen and oxygen atoms in total. The van der Waals surface area contributed by atoms with E-state index < -0.39 is 23.8 Å². The monoisotopic (exact) mass is 369 g/mol. The molecule has 0 saturated carbocycles. The second kappa shape index (κ2) is 5.83. The number of aromatic nitrogens is 4. The van der Waals surface area contributed by atoms with Gasteiger partial charge in [0.2, 0.25) is 5.95 Å². The average Bonchev–Trinajstić information content (AvgIpc) is 3.14. The molecule has 0 spiro atoms. The minimum absolute atomic E-state index is 0.250. The molecule has 140 valence electrons. The zero-order valence-corrected chi connectivity index (χ0v) is 15.3. The molecule has 0 radical (unpaired) electrons. The van der Waals surface area contributed by atoms with Crippen LogP contribution >= 0.6 is 0 Å². The molecule has 0 atom stereocenters. The van der Waals surface area contributed by atoms with Crippen molar-refractivity contribution >= 4 is 28.8 Å². The molecule has 2 aromatic heterocycles. The normalized spacial score (nSPS) is 13.4. The molecule has 0 bridgehead atoms. The molecule has 0 amide bonds. The number of hydrogen-bond donors (Lipinski definition) is 1. The molecule has 0 unspecified atom stereocenters. The van der Waals surface area contributed by atoms with Crippen LogP contribution in [0, 0.1) is 13.8 Å². The zero-order chi connectivity index (χ0) is 19.5. The van der Waals surface area contributed by atoms with Gasteiger partial charge in [0.05, 0.1) is 0 Å². The molecule has 0 saturated heterocycles. The molecular weight excluding hydrogens is 350 g/mol. The molecule has 0 aliphatic carbocycles. The number of anilines is 2. The van der Waals surface area contributed by atoms with Crippen LogP contribution in [0.4, 0.5) is 11.6 Å². The van der Waals surface area contributed by atoms with Crippen LogP contribution in [0.25, 0.3) is 11.2 Å². The van der Waals surface area contributed by atoms with Gasteiger partial charge in [0, 0.05) is 25.8 Å². The molecule has 1 aromatic carbocycles. The van der Waals surface area contributed by atoms with Gasteiger partial charge >= 0.3 is 11.7 Å². The summed E-state index contributed by atoms with van der Waals surface area (Å²) >= 11 is 0. The molecule has 4 rings (SSSR count). The van der Waals surface area contributed by atoms with Crippen LogP contribution in [0.15, 0.2) is 27.8 Å². The van der Waals surface area contributed by atoms with E-state index in [1.165, 1.54) is 11.6 Å². The number of carboxylic acids is 1. The Kier molecular flexibility index (Phi) is 3.69. The van der Waals surface area contributed by atoms with Gasteiger partial charge in [-0.3, -0.25) is 14.2 Å². The minimum atomic E-state index is -1.24. The van der Waals surface area contributed by atoms with Crippen molar-refractivity contribution in [3.8, 4) is 0 Å². The zero-order valence-electron chi connectivity index (χ0n) is 15.3. The van der Waals surface area contributed by atoms with E-state index >= 15 is 0 Å². The number of rotatable bonds is 3. The van der Waals surface area contributed by atoms with Crippen LogP contribution in [-0.4, -0.2) is 36.3 Å². The number of hydrogen-bond acceptors (Lipinski definition) is 5. The van der Waals surface area contributed by atoms with Gasteiger partial charge in [-0.15, -0.1) is 0 Å². The van der Waals surface area contributed by atoms with Gasteiger partial charge in [-0.05, 0) is 37.1 Å². The smallest absolute Gasteiger partial charge is 0.333 e. The lowest BCUT2D eigenvalue weighted by Gasteiger charge is -2.17. The molecule has 1 N–H and O–H groups in total. The fraction of sp³-hybridized carbons (Fsp3) is 0.333. The van der Waals surface area contributed by atoms with Crippen LogP contribution in [0.3, 0.4) is 0 Å². The number of aryl methyl sites for hydroxylation is 3. The maximum absolute atomic E-state index is 12.8. The number of aliphatic carboxylic acids is 1. The van der Waals surface area contributed by atoms with E-state index in [2.05, 4.69) is 11.1 Å². The van der Waals surface area contributed by atoms with Crippen molar-refractivity contribution in [2.75, 3.05) is 11.4 Å². The number of carboxylic acid groups (broad SMARTS) is 1. The Morgan fingerprint density at radius 2 is 1.81 bits per heavy atom. The quantitative estimate of drug-likeness (QED) is 0.731. The third-order valence-corrected chi connectivity index (χ3v) is 4.81. The summed E-state index contributed by atoms with van der Waals surface area (Å²) in [6.45, 7) is 4.53. The van der Waals surface area contributed by atoms with Crippen molar-refractivity contribution < 1.29 is 9.90 Å². The third kappa shape index (κ3) is 2.54. The Balaban J connectivity index is 1.96. The van der Waals surface area contributed by atoms with Crippen molar-refractivity contribution in [3.05, 3.63) is 50.2 Å². The van der Waals surface area contributed by atoms with E-state index in [4.69, 9.17) is 5.11 Å². The highest BCUT2D eigenvalue weighted by Gasteiger charge is 2.29. The molecule has 27 heavy (non-hydrogen) atoms. The van der Waals surface area contributed by atoms with E-state index in [-0.39, 0.29) is 11.2 Å². The van der Waals surface area contributed by atoms with Crippen LogP contribution in [0.1, 0.15) is 11.1 Å². The van der Waals surface area contributed by atoms with Crippen LogP contribution < -0.4 is 16.1 Å². The number of carbonyl (C=O) groups is 1. The van der Waals surface area contributed by atoms with Crippen LogP contribution in [-0.2, 0) is 24.9 Å². The first-order valence-electron chi connectivity index (χ1n) is 8.55. The van der Waals surface area contributed by atoms with Crippen molar-refractivity contribution in [1.29, 1.82) is 0 Å². The largest absolute Gasteiger partial charge is 0.480 e. The van der Waals surface area contributed by atoms with Gasteiger partial charge in [0.1, 0.15) is 6.54 Å². The highest BCUT2D eigenvalue weighted by atomic mass is 16.4. The van der Waals surface area contributed by atoms with Gasteiger partial charge in [-0.25, -0.2) is 9.36 Å². The van der Waals surface area contributed by atoms with Gasteiger partial charge in [-0.2, -0.15) is 4.98 Å². The topological polar surface area (TPSA) is 102 Å². The fourth-order valence-electron chi connectivity index (χ4n) is 3.70. The van der Waals surface area contributed by atoms with E-state index in [0.29, 0.717) is 19.0 Å². The summed E-state index contributed by atoms with van der Waals surface area (Å²) < 4.78 is 3.72. The Morgan fingerprint density at radius 3 is 2.44 bits per heavy atom. The standard InChI is InChI=1S/C18H19N5O4/c1-10-6-11(2)8-12(7-10)21-4-5-22-14-15(19-17(21)22)20(3)18(27)23(16(14)26)9-13(24)25/h6-8H,4-5,9H2,1-3H3,(H,24,25).